The van der Waals surface area contributed by atoms with Crippen molar-refractivity contribution in [3.8, 4) is 0 Å². The molecule has 1 aromatic carbocycles. The molecule has 1 atom stereocenters. The first kappa shape index (κ1) is 25.8. The van der Waals surface area contributed by atoms with Crippen LogP contribution in [0.15, 0.2) is 23.2 Å². The Hall–Kier alpha value is -1.45. The van der Waals surface area contributed by atoms with E-state index in [1.807, 2.05) is 13.8 Å². The Morgan fingerprint density at radius 2 is 1.94 bits per heavy atom. The maximum absolute atomic E-state index is 13.9. The van der Waals surface area contributed by atoms with E-state index >= 15 is 0 Å². The summed E-state index contributed by atoms with van der Waals surface area (Å²) in [5, 5.41) is 4.18. The maximum atomic E-state index is 13.9. The van der Waals surface area contributed by atoms with Crippen LogP contribution in [-0.4, -0.2) is 61.6 Å². The Labute approximate surface area is 198 Å². The lowest BCUT2D eigenvalue weighted by atomic mass is 10.1. The lowest BCUT2D eigenvalue weighted by Crippen LogP contribution is -2.53. The Morgan fingerprint density at radius 1 is 1.19 bits per heavy atom. The number of hydrogen-bond acceptors (Lipinski definition) is 6. The fourth-order valence-electron chi connectivity index (χ4n) is 3.85. The molecule has 0 saturated carbocycles. The van der Waals surface area contributed by atoms with Crippen LogP contribution in [0.1, 0.15) is 23.8 Å². The van der Waals surface area contributed by atoms with E-state index in [0.717, 1.165) is 60.5 Å². The van der Waals surface area contributed by atoms with Gasteiger partial charge in [-0.2, -0.15) is 0 Å². The minimum absolute atomic E-state index is 0. The minimum Gasteiger partial charge on any atom is -0.382 e. The van der Waals surface area contributed by atoms with Crippen molar-refractivity contribution in [3.05, 3.63) is 40.3 Å². The summed E-state index contributed by atoms with van der Waals surface area (Å²) in [5.74, 6) is -0.945. The zero-order valence-corrected chi connectivity index (χ0v) is 20.2. The molecular formula is C21H28Cl2F2N4OS. The number of piperazine rings is 1. The Kier molecular flexibility index (Phi) is 9.09. The number of halogens is 4. The molecule has 2 aromatic rings. The second-order valence-electron chi connectivity index (χ2n) is 7.51. The molecule has 2 aliphatic heterocycles. The van der Waals surface area contributed by atoms with Gasteiger partial charge >= 0.3 is 0 Å². The number of likely N-dealkylation sites (N-methyl/N-ethyl adjacent to an activating group) is 1. The third-order valence-electron chi connectivity index (χ3n) is 5.49. The first-order valence-electron chi connectivity index (χ1n) is 9.94. The Balaban J connectivity index is 0.00000171. The van der Waals surface area contributed by atoms with Gasteiger partial charge in [0.25, 0.3) is 0 Å². The predicted octanol–water partition coefficient (Wildman–Crippen LogP) is 5.36. The van der Waals surface area contributed by atoms with Crippen molar-refractivity contribution in [1.82, 2.24) is 9.80 Å². The number of aryl methyl sites for hydroxylation is 1. The third kappa shape index (κ3) is 5.49. The number of nitrogens with zero attached hydrogens (tertiary/aromatic N) is 3. The predicted molar refractivity (Wildman–Crippen MR) is 128 cm³/mol. The molecular weight excluding hydrogens is 465 g/mol. The van der Waals surface area contributed by atoms with E-state index in [4.69, 9.17) is 9.73 Å². The van der Waals surface area contributed by atoms with Gasteiger partial charge in [0.2, 0.25) is 0 Å². The van der Waals surface area contributed by atoms with Gasteiger partial charge in [0.05, 0.1) is 16.9 Å². The average Bonchev–Trinajstić information content (AvgIpc) is 2.98. The smallest absolute Gasteiger partial charge is 0.161 e. The van der Waals surface area contributed by atoms with E-state index in [0.29, 0.717) is 17.4 Å². The number of amidine groups is 1. The summed E-state index contributed by atoms with van der Waals surface area (Å²) in [4.78, 5) is 10.6. The van der Waals surface area contributed by atoms with E-state index in [1.165, 1.54) is 12.1 Å². The topological polar surface area (TPSA) is 40.1 Å². The van der Waals surface area contributed by atoms with Crippen molar-refractivity contribution in [2.45, 2.75) is 26.3 Å². The highest BCUT2D eigenvalue weighted by molar-refractivity contribution is 7.16. The van der Waals surface area contributed by atoms with Crippen LogP contribution in [0, 0.1) is 18.6 Å². The first-order valence-corrected chi connectivity index (χ1v) is 10.8. The third-order valence-corrected chi connectivity index (χ3v) is 6.45. The largest absolute Gasteiger partial charge is 0.382 e. The van der Waals surface area contributed by atoms with Crippen LogP contribution in [0.5, 0.6) is 0 Å². The zero-order chi connectivity index (χ0) is 20.5. The van der Waals surface area contributed by atoms with Gasteiger partial charge in [-0.3, -0.25) is 4.90 Å². The molecule has 3 heterocycles. The molecule has 0 bridgehead atoms. The monoisotopic (exact) mass is 492 g/mol. The molecule has 1 N–H and O–H groups in total. The summed E-state index contributed by atoms with van der Waals surface area (Å²) in [6, 6.07) is 4.80. The molecule has 0 radical (unpaired) electrons. The molecule has 10 heteroatoms. The second-order valence-corrected chi connectivity index (χ2v) is 8.77. The fourth-order valence-corrected chi connectivity index (χ4v) is 4.77. The SMILES string of the molecule is CCOCC[C@H]1CN(C2=Nc3cc(F)c(F)cc3Nc3sc(C)cc32)CCN1C.Cl.Cl. The van der Waals surface area contributed by atoms with Crippen LogP contribution >= 0.6 is 36.2 Å². The highest BCUT2D eigenvalue weighted by atomic mass is 35.5. The van der Waals surface area contributed by atoms with Crippen LogP contribution in [-0.2, 0) is 4.74 Å². The molecule has 172 valence electrons. The summed E-state index contributed by atoms with van der Waals surface area (Å²) in [5.41, 5.74) is 1.89. The van der Waals surface area contributed by atoms with Gasteiger partial charge in [-0.25, -0.2) is 13.8 Å². The van der Waals surface area contributed by atoms with Crippen molar-refractivity contribution in [2.75, 3.05) is 45.2 Å². The molecule has 0 amide bonds. The van der Waals surface area contributed by atoms with Crippen LogP contribution in [0.3, 0.4) is 0 Å². The van der Waals surface area contributed by atoms with Crippen LogP contribution in [0.25, 0.3) is 0 Å². The molecule has 5 nitrogen and oxygen atoms in total. The van der Waals surface area contributed by atoms with Crippen molar-refractivity contribution in [2.24, 2.45) is 4.99 Å². The van der Waals surface area contributed by atoms with Crippen molar-refractivity contribution in [3.63, 3.8) is 0 Å². The van der Waals surface area contributed by atoms with Crippen molar-refractivity contribution in [1.29, 1.82) is 0 Å². The van der Waals surface area contributed by atoms with Crippen LogP contribution < -0.4 is 5.32 Å². The Morgan fingerprint density at radius 3 is 2.68 bits per heavy atom. The zero-order valence-electron chi connectivity index (χ0n) is 17.8. The Bertz CT molecular complexity index is 940. The number of aliphatic imine (C=N–C) groups is 1. The molecule has 4 rings (SSSR count). The van der Waals surface area contributed by atoms with Gasteiger partial charge in [0.15, 0.2) is 11.6 Å². The molecule has 1 fully saturated rings. The number of hydrogen-bond donors (Lipinski definition) is 1. The van der Waals surface area contributed by atoms with Gasteiger partial charge in [0, 0.05) is 55.9 Å². The molecule has 1 saturated heterocycles. The first-order chi connectivity index (χ1) is 14.0. The second kappa shape index (κ2) is 10.9. The summed E-state index contributed by atoms with van der Waals surface area (Å²) >= 11 is 1.60. The quantitative estimate of drug-likeness (QED) is 0.583. The van der Waals surface area contributed by atoms with E-state index in [-0.39, 0.29) is 24.8 Å². The van der Waals surface area contributed by atoms with Gasteiger partial charge in [-0.15, -0.1) is 36.2 Å². The van der Waals surface area contributed by atoms with E-state index in [2.05, 4.69) is 28.2 Å². The normalized spacial score (nSPS) is 18.0. The van der Waals surface area contributed by atoms with Crippen LogP contribution in [0.4, 0.5) is 25.2 Å². The molecule has 31 heavy (non-hydrogen) atoms. The minimum atomic E-state index is -0.886. The lowest BCUT2D eigenvalue weighted by molar-refractivity contribution is 0.0843. The number of benzene rings is 1. The maximum Gasteiger partial charge on any atom is 0.161 e. The molecule has 0 aliphatic carbocycles. The summed E-state index contributed by atoms with van der Waals surface area (Å²) in [6.07, 6.45) is 0.943. The number of anilines is 2. The molecule has 2 aliphatic rings. The fraction of sp³-hybridized carbons (Fsp3) is 0.476. The number of thiophene rings is 1. The van der Waals surface area contributed by atoms with Crippen molar-refractivity contribution < 1.29 is 13.5 Å². The number of nitrogens with one attached hydrogen (secondary N) is 1. The highest BCUT2D eigenvalue weighted by Gasteiger charge is 2.30. The molecule has 1 aromatic heterocycles. The molecule has 0 spiro atoms. The van der Waals surface area contributed by atoms with Gasteiger partial charge in [-0.1, -0.05) is 0 Å². The number of rotatable bonds is 4. The standard InChI is InChI=1S/C21H26F2N4OS.2ClH/c1-4-28-8-5-14-12-27(7-6-26(14)3)20-15-9-13(2)29-21(15)25-19-11-17(23)16(22)10-18(19)24-20;;/h9-11,14,25H,4-8,12H2,1-3H3;2*1H/t14-;;/m0../s1. The lowest BCUT2D eigenvalue weighted by Gasteiger charge is -2.41. The van der Waals surface area contributed by atoms with Crippen molar-refractivity contribution >= 4 is 58.4 Å². The summed E-state index contributed by atoms with van der Waals surface area (Å²) < 4.78 is 33.3. The van der Waals surface area contributed by atoms with E-state index in [9.17, 15) is 8.78 Å². The summed E-state index contributed by atoms with van der Waals surface area (Å²) in [6.45, 7) is 8.04. The highest BCUT2D eigenvalue weighted by Crippen LogP contribution is 2.40. The van der Waals surface area contributed by atoms with E-state index in [1.54, 1.807) is 11.3 Å². The molecule has 0 unspecified atom stereocenters. The number of fused-ring (bicyclic) bond motifs is 2. The average molecular weight is 493 g/mol. The van der Waals surface area contributed by atoms with Crippen LogP contribution in [0.2, 0.25) is 0 Å². The summed E-state index contributed by atoms with van der Waals surface area (Å²) in [7, 11) is 2.14. The van der Waals surface area contributed by atoms with Gasteiger partial charge in [0.1, 0.15) is 10.8 Å². The van der Waals surface area contributed by atoms with E-state index < -0.39 is 11.6 Å². The number of ether oxygens (including phenoxy) is 1. The van der Waals surface area contributed by atoms with Gasteiger partial charge < -0.3 is 15.0 Å². The van der Waals surface area contributed by atoms with Gasteiger partial charge in [-0.05, 0) is 33.4 Å².